The summed E-state index contributed by atoms with van der Waals surface area (Å²) in [6.07, 6.45) is 5.80. The molecule has 0 aromatic heterocycles. The van der Waals surface area contributed by atoms with Gasteiger partial charge in [-0.25, -0.2) is 13.1 Å². The van der Waals surface area contributed by atoms with Crippen molar-refractivity contribution in [1.82, 2.24) is 4.72 Å². The molecule has 0 saturated heterocycles. The van der Waals surface area contributed by atoms with Crippen LogP contribution < -0.4 is 14.4 Å². The summed E-state index contributed by atoms with van der Waals surface area (Å²) >= 11 is 0. The number of benzene rings is 2. The quantitative estimate of drug-likeness (QED) is 0.755. The van der Waals surface area contributed by atoms with Gasteiger partial charge in [-0.05, 0) is 61.4 Å². The van der Waals surface area contributed by atoms with E-state index in [4.69, 9.17) is 4.74 Å². The largest absolute Gasteiger partial charge is 0.495 e. The number of amides is 1. The summed E-state index contributed by atoms with van der Waals surface area (Å²) in [7, 11) is -2.38. The van der Waals surface area contributed by atoms with Gasteiger partial charge in [0.25, 0.3) is 5.91 Å². The second-order valence-corrected chi connectivity index (χ2v) is 10.2. The van der Waals surface area contributed by atoms with Crippen molar-refractivity contribution in [3.63, 3.8) is 0 Å². The summed E-state index contributed by atoms with van der Waals surface area (Å²) < 4.78 is 34.7. The molecule has 1 saturated carbocycles. The van der Waals surface area contributed by atoms with Crippen LogP contribution in [0.5, 0.6) is 5.75 Å². The highest BCUT2D eigenvalue weighted by Gasteiger charge is 2.30. The van der Waals surface area contributed by atoms with Gasteiger partial charge in [-0.2, -0.15) is 0 Å². The predicted molar refractivity (Wildman–Crippen MR) is 121 cm³/mol. The molecule has 1 aliphatic carbocycles. The molecule has 1 heterocycles. The van der Waals surface area contributed by atoms with Crippen LogP contribution in [0.4, 0.5) is 5.69 Å². The molecule has 1 fully saturated rings. The minimum atomic E-state index is -3.83. The highest BCUT2D eigenvalue weighted by atomic mass is 32.2. The first-order valence-electron chi connectivity index (χ1n) is 11.0. The van der Waals surface area contributed by atoms with Gasteiger partial charge in [0.15, 0.2) is 0 Å². The molecule has 2 aromatic rings. The maximum absolute atomic E-state index is 13.4. The van der Waals surface area contributed by atoms with E-state index in [1.54, 1.807) is 17.0 Å². The molecule has 6 nitrogen and oxygen atoms in total. The molecule has 0 spiro atoms. The number of anilines is 1. The van der Waals surface area contributed by atoms with E-state index in [-0.39, 0.29) is 28.5 Å². The van der Waals surface area contributed by atoms with Gasteiger partial charge in [0.2, 0.25) is 10.0 Å². The van der Waals surface area contributed by atoms with Crippen LogP contribution in [0.25, 0.3) is 0 Å². The molecule has 2 aliphatic rings. The van der Waals surface area contributed by atoms with Crippen molar-refractivity contribution in [2.24, 2.45) is 5.92 Å². The molecule has 2 aromatic carbocycles. The van der Waals surface area contributed by atoms with Crippen molar-refractivity contribution in [2.75, 3.05) is 18.6 Å². The molecule has 31 heavy (non-hydrogen) atoms. The second kappa shape index (κ2) is 9.01. The van der Waals surface area contributed by atoms with Crippen molar-refractivity contribution >= 4 is 21.6 Å². The number of para-hydroxylation sites is 1. The van der Waals surface area contributed by atoms with Crippen LogP contribution >= 0.6 is 0 Å². The molecule has 0 bridgehead atoms. The smallest absolute Gasteiger partial charge is 0.258 e. The Balaban J connectivity index is 1.66. The number of nitrogens with zero attached hydrogens (tertiary/aromatic N) is 1. The third kappa shape index (κ3) is 4.48. The Morgan fingerprint density at radius 3 is 2.65 bits per heavy atom. The number of aryl methyl sites for hydroxylation is 1. The predicted octanol–water partition coefficient (Wildman–Crippen LogP) is 4.15. The Kier molecular flexibility index (Phi) is 6.34. The first-order valence-corrected chi connectivity index (χ1v) is 12.5. The first-order chi connectivity index (χ1) is 14.9. The molecule has 4 rings (SSSR count). The molecule has 1 amide bonds. The van der Waals surface area contributed by atoms with Gasteiger partial charge < -0.3 is 9.64 Å². The van der Waals surface area contributed by atoms with Crippen LogP contribution in [0.1, 0.15) is 54.9 Å². The number of rotatable bonds is 5. The van der Waals surface area contributed by atoms with E-state index in [2.05, 4.69) is 11.6 Å². The van der Waals surface area contributed by atoms with Crippen molar-refractivity contribution in [2.45, 2.75) is 56.4 Å². The average molecular weight is 443 g/mol. The summed E-state index contributed by atoms with van der Waals surface area (Å²) in [4.78, 5) is 15.1. The molecule has 2 atom stereocenters. The fourth-order valence-electron chi connectivity index (χ4n) is 4.67. The SMILES string of the molecule is COc1ccc(C(=O)N2CCCc3ccccc32)cc1S(=O)(=O)NC1CCCCC1C. The van der Waals surface area contributed by atoms with Crippen molar-refractivity contribution in [1.29, 1.82) is 0 Å². The second-order valence-electron chi connectivity index (χ2n) is 8.54. The van der Waals surface area contributed by atoms with Gasteiger partial charge in [0, 0.05) is 23.8 Å². The minimum absolute atomic E-state index is 0.0175. The van der Waals surface area contributed by atoms with E-state index < -0.39 is 10.0 Å². The standard InChI is InChI=1S/C24H30N2O4S/c1-17-8-3-5-11-20(17)25-31(28,29)23-16-19(13-14-22(23)30-2)24(27)26-15-7-10-18-9-4-6-12-21(18)26/h4,6,9,12-14,16-17,20,25H,3,5,7-8,10-11,15H2,1-2H3. The summed E-state index contributed by atoms with van der Waals surface area (Å²) in [5.74, 6) is 0.327. The highest BCUT2D eigenvalue weighted by Crippen LogP contribution is 2.32. The van der Waals surface area contributed by atoms with E-state index >= 15 is 0 Å². The number of hydrogen-bond donors (Lipinski definition) is 1. The maximum Gasteiger partial charge on any atom is 0.258 e. The monoisotopic (exact) mass is 442 g/mol. The number of ether oxygens (including phenoxy) is 1. The summed E-state index contributed by atoms with van der Waals surface area (Å²) in [6.45, 7) is 2.69. The molecule has 2 unspecified atom stereocenters. The lowest BCUT2D eigenvalue weighted by Gasteiger charge is -2.30. The Bertz CT molecular complexity index is 1070. The molecule has 1 N–H and O–H groups in total. The molecule has 7 heteroatoms. The lowest BCUT2D eigenvalue weighted by molar-refractivity contribution is 0.0985. The summed E-state index contributed by atoms with van der Waals surface area (Å²) in [5, 5.41) is 0. The van der Waals surface area contributed by atoms with Crippen LogP contribution in [0.2, 0.25) is 0 Å². The van der Waals surface area contributed by atoms with Gasteiger partial charge >= 0.3 is 0 Å². The average Bonchev–Trinajstić information content (AvgIpc) is 2.79. The third-order valence-electron chi connectivity index (χ3n) is 6.47. The number of fused-ring (bicyclic) bond motifs is 1. The van der Waals surface area contributed by atoms with Gasteiger partial charge in [0.1, 0.15) is 10.6 Å². The van der Waals surface area contributed by atoms with Gasteiger partial charge in [-0.15, -0.1) is 0 Å². The van der Waals surface area contributed by atoms with E-state index in [9.17, 15) is 13.2 Å². The van der Waals surface area contributed by atoms with E-state index in [1.807, 2.05) is 24.3 Å². The Morgan fingerprint density at radius 1 is 1.10 bits per heavy atom. The normalized spacial score (nSPS) is 21.4. The Morgan fingerprint density at radius 2 is 1.87 bits per heavy atom. The van der Waals surface area contributed by atoms with Gasteiger partial charge in [-0.3, -0.25) is 4.79 Å². The third-order valence-corrected chi connectivity index (χ3v) is 7.98. The summed E-state index contributed by atoms with van der Waals surface area (Å²) in [5.41, 5.74) is 2.37. The van der Waals surface area contributed by atoms with E-state index in [0.717, 1.165) is 49.8 Å². The lowest BCUT2D eigenvalue weighted by Crippen LogP contribution is -2.41. The number of methoxy groups -OCH3 is 1. The molecular formula is C24H30N2O4S. The highest BCUT2D eigenvalue weighted by molar-refractivity contribution is 7.89. The van der Waals surface area contributed by atoms with Crippen LogP contribution in [0, 0.1) is 5.92 Å². The van der Waals surface area contributed by atoms with Gasteiger partial charge in [-0.1, -0.05) is 38.0 Å². The summed E-state index contributed by atoms with van der Waals surface area (Å²) in [6, 6.07) is 12.4. The Labute approximate surface area is 184 Å². The van der Waals surface area contributed by atoms with E-state index in [0.29, 0.717) is 12.1 Å². The van der Waals surface area contributed by atoms with Crippen molar-refractivity contribution in [3.05, 3.63) is 53.6 Å². The zero-order valence-electron chi connectivity index (χ0n) is 18.1. The molecular weight excluding hydrogens is 412 g/mol. The first kappa shape index (κ1) is 21.8. The van der Waals surface area contributed by atoms with Crippen LogP contribution in [0.3, 0.4) is 0 Å². The maximum atomic E-state index is 13.4. The Hall–Kier alpha value is -2.38. The van der Waals surface area contributed by atoms with Gasteiger partial charge in [0.05, 0.1) is 7.11 Å². The minimum Gasteiger partial charge on any atom is -0.495 e. The van der Waals surface area contributed by atoms with Crippen LogP contribution in [-0.4, -0.2) is 34.0 Å². The number of carbonyl (C=O) groups is 1. The number of carbonyl (C=O) groups excluding carboxylic acids is 1. The fourth-order valence-corrected chi connectivity index (χ4v) is 6.25. The number of hydrogen-bond acceptors (Lipinski definition) is 4. The molecule has 166 valence electrons. The van der Waals surface area contributed by atoms with Crippen molar-refractivity contribution in [3.8, 4) is 5.75 Å². The molecule has 0 radical (unpaired) electrons. The van der Waals surface area contributed by atoms with Crippen molar-refractivity contribution < 1.29 is 17.9 Å². The number of sulfonamides is 1. The molecule has 1 aliphatic heterocycles. The number of nitrogens with one attached hydrogen (secondary N) is 1. The van der Waals surface area contributed by atoms with E-state index in [1.165, 1.54) is 13.2 Å². The zero-order chi connectivity index (χ0) is 22.0. The van der Waals surface area contributed by atoms with Crippen LogP contribution in [-0.2, 0) is 16.4 Å². The lowest BCUT2D eigenvalue weighted by atomic mass is 9.87. The fraction of sp³-hybridized carbons (Fsp3) is 0.458. The zero-order valence-corrected chi connectivity index (χ0v) is 19.0. The topological polar surface area (TPSA) is 75.7 Å². The van der Waals surface area contributed by atoms with Crippen LogP contribution in [0.15, 0.2) is 47.4 Å².